The first-order valence-corrected chi connectivity index (χ1v) is 21.3. The van der Waals surface area contributed by atoms with Gasteiger partial charge in [-0.25, -0.2) is 0 Å². The molecule has 0 bridgehead atoms. The number of hydrogen-bond donors (Lipinski definition) is 0. The van der Waals surface area contributed by atoms with Gasteiger partial charge in [-0.3, -0.25) is 0 Å². The fraction of sp³-hybridized carbons (Fsp3) is 0.111. The SMILES string of the molecule is Cc1ccc(N2B3c4cc(C(C)(C)C)ccc4-n4c5ccccc5c5c(C(c6ccccc6)c6ccccc6)cc(c3c54)-c3cc4c(cc32)sc2ccccc24)cc1. The van der Waals surface area contributed by atoms with E-state index in [-0.39, 0.29) is 18.2 Å². The zero-order valence-corrected chi connectivity index (χ0v) is 33.9. The smallest absolute Gasteiger partial charge is 0.333 e. The number of benzene rings is 8. The van der Waals surface area contributed by atoms with Crippen molar-refractivity contribution >= 4 is 82.5 Å². The van der Waals surface area contributed by atoms with E-state index in [1.54, 1.807) is 0 Å². The minimum absolute atomic E-state index is 0.0147. The lowest BCUT2D eigenvalue weighted by molar-refractivity contribution is 0.590. The molecule has 0 saturated heterocycles. The molecule has 12 rings (SSSR count). The number of anilines is 2. The van der Waals surface area contributed by atoms with Crippen molar-refractivity contribution in [3.05, 3.63) is 198 Å². The van der Waals surface area contributed by atoms with Gasteiger partial charge in [0.25, 0.3) is 0 Å². The molecule has 0 spiro atoms. The molecular formula is C54H41BN2S. The fourth-order valence-electron chi connectivity index (χ4n) is 10.2. The van der Waals surface area contributed by atoms with Gasteiger partial charge in [-0.2, -0.15) is 0 Å². The summed E-state index contributed by atoms with van der Waals surface area (Å²) in [5.74, 6) is 0.0272. The Labute approximate surface area is 343 Å². The highest BCUT2D eigenvalue weighted by atomic mass is 32.1. The van der Waals surface area contributed by atoms with Gasteiger partial charge in [-0.05, 0) is 99.6 Å². The number of hydrogen-bond acceptors (Lipinski definition) is 2. The van der Waals surface area contributed by atoms with Crippen LogP contribution in [0.5, 0.6) is 0 Å². The van der Waals surface area contributed by atoms with Gasteiger partial charge in [-0.15, -0.1) is 11.3 Å². The van der Waals surface area contributed by atoms with E-state index in [0.29, 0.717) is 0 Å². The summed E-state index contributed by atoms with van der Waals surface area (Å²) in [6.45, 7) is 9.16. The maximum absolute atomic E-state index is 2.68. The predicted octanol–water partition coefficient (Wildman–Crippen LogP) is 13.2. The van der Waals surface area contributed by atoms with Gasteiger partial charge in [0.2, 0.25) is 0 Å². The minimum atomic E-state index is -0.0467. The van der Waals surface area contributed by atoms with Crippen LogP contribution in [0.4, 0.5) is 11.4 Å². The van der Waals surface area contributed by atoms with Crippen LogP contribution in [-0.4, -0.2) is 11.4 Å². The largest absolute Gasteiger partial charge is 0.376 e. The molecule has 10 aromatic rings. The molecule has 4 heteroatoms. The highest BCUT2D eigenvalue weighted by molar-refractivity contribution is 7.25. The van der Waals surface area contributed by atoms with E-state index in [2.05, 4.69) is 207 Å². The molecule has 8 aromatic carbocycles. The Morgan fingerprint density at radius 3 is 1.97 bits per heavy atom. The summed E-state index contributed by atoms with van der Waals surface area (Å²) < 4.78 is 5.27. The number of thiophene rings is 1. The quantitative estimate of drug-likeness (QED) is 0.128. The van der Waals surface area contributed by atoms with Crippen LogP contribution < -0.4 is 15.7 Å². The third-order valence-electron chi connectivity index (χ3n) is 12.9. The normalized spacial score (nSPS) is 13.3. The van der Waals surface area contributed by atoms with Crippen LogP contribution in [0.2, 0.25) is 0 Å². The molecule has 0 atom stereocenters. The molecule has 0 fully saturated rings. The molecule has 0 radical (unpaired) electrons. The van der Waals surface area contributed by atoms with Crippen LogP contribution in [0.3, 0.4) is 0 Å². The summed E-state index contributed by atoms with van der Waals surface area (Å²) in [4.78, 5) is 2.68. The van der Waals surface area contributed by atoms with E-state index in [4.69, 9.17) is 0 Å². The molecule has 58 heavy (non-hydrogen) atoms. The van der Waals surface area contributed by atoms with E-state index >= 15 is 0 Å². The van der Waals surface area contributed by atoms with Crippen LogP contribution in [0.1, 0.15) is 54.5 Å². The van der Waals surface area contributed by atoms with Crippen LogP contribution in [0.25, 0.3) is 58.8 Å². The second-order valence-corrected chi connectivity index (χ2v) is 18.4. The van der Waals surface area contributed by atoms with Crippen LogP contribution in [0.15, 0.2) is 170 Å². The van der Waals surface area contributed by atoms with Gasteiger partial charge in [-0.1, -0.05) is 148 Å². The molecule has 0 N–H and O–H groups in total. The Kier molecular flexibility index (Phi) is 7.17. The predicted molar refractivity (Wildman–Crippen MR) is 250 cm³/mol. The van der Waals surface area contributed by atoms with Crippen molar-refractivity contribution in [3.63, 3.8) is 0 Å². The van der Waals surface area contributed by atoms with Crippen molar-refractivity contribution in [2.24, 2.45) is 0 Å². The van der Waals surface area contributed by atoms with Crippen molar-refractivity contribution in [3.8, 4) is 16.8 Å². The zero-order valence-electron chi connectivity index (χ0n) is 33.1. The van der Waals surface area contributed by atoms with E-state index in [9.17, 15) is 0 Å². The van der Waals surface area contributed by atoms with E-state index in [1.807, 2.05) is 11.3 Å². The second kappa shape index (κ2) is 12.3. The molecule has 0 amide bonds. The molecule has 2 aliphatic rings. The summed E-state index contributed by atoms with van der Waals surface area (Å²) in [5, 5.41) is 5.29. The topological polar surface area (TPSA) is 8.17 Å². The zero-order chi connectivity index (χ0) is 38.9. The fourth-order valence-corrected chi connectivity index (χ4v) is 11.3. The number of para-hydroxylation sites is 1. The van der Waals surface area contributed by atoms with Crippen molar-refractivity contribution in [1.82, 2.24) is 4.57 Å². The highest BCUT2D eigenvalue weighted by Crippen LogP contribution is 2.51. The lowest BCUT2D eigenvalue weighted by Gasteiger charge is -2.43. The summed E-state index contributed by atoms with van der Waals surface area (Å²) >= 11 is 1.90. The first-order chi connectivity index (χ1) is 28.3. The van der Waals surface area contributed by atoms with Crippen LogP contribution >= 0.6 is 11.3 Å². The Bertz CT molecular complexity index is 3240. The molecule has 2 nitrogen and oxygen atoms in total. The summed E-state index contributed by atoms with van der Waals surface area (Å²) in [7, 11) is 0. The second-order valence-electron chi connectivity index (χ2n) is 17.4. The van der Waals surface area contributed by atoms with Crippen LogP contribution in [0, 0.1) is 6.92 Å². The molecule has 4 heterocycles. The first kappa shape index (κ1) is 33.8. The van der Waals surface area contributed by atoms with Crippen molar-refractivity contribution in [1.29, 1.82) is 0 Å². The van der Waals surface area contributed by atoms with Crippen molar-refractivity contribution in [2.45, 2.75) is 39.0 Å². The number of aromatic nitrogens is 1. The summed E-state index contributed by atoms with van der Waals surface area (Å²) in [6.07, 6.45) is 0. The Balaban J connectivity index is 1.31. The summed E-state index contributed by atoms with van der Waals surface area (Å²) in [5.41, 5.74) is 18.2. The molecule has 0 saturated carbocycles. The molecule has 2 aliphatic heterocycles. The monoisotopic (exact) mass is 760 g/mol. The molecule has 2 aromatic heterocycles. The van der Waals surface area contributed by atoms with E-state index in [0.717, 1.165) is 0 Å². The van der Waals surface area contributed by atoms with Crippen molar-refractivity contribution < 1.29 is 0 Å². The molecular weight excluding hydrogens is 719 g/mol. The van der Waals surface area contributed by atoms with Gasteiger partial charge in [0.15, 0.2) is 0 Å². The van der Waals surface area contributed by atoms with Gasteiger partial charge in [0.05, 0.1) is 11.0 Å². The Morgan fingerprint density at radius 2 is 1.24 bits per heavy atom. The van der Waals surface area contributed by atoms with Gasteiger partial charge in [0, 0.05) is 59.5 Å². The third-order valence-corrected chi connectivity index (χ3v) is 14.0. The average Bonchev–Trinajstić information content (AvgIpc) is 3.79. The highest BCUT2D eigenvalue weighted by Gasteiger charge is 2.45. The maximum atomic E-state index is 2.68. The average molecular weight is 761 g/mol. The van der Waals surface area contributed by atoms with Gasteiger partial charge >= 0.3 is 6.85 Å². The summed E-state index contributed by atoms with van der Waals surface area (Å²) in [6, 6.07) is 64.5. The number of rotatable bonds is 4. The van der Waals surface area contributed by atoms with Gasteiger partial charge in [0.1, 0.15) is 0 Å². The standard InChI is InChI=1S/C54H41BN2S/c1-33-23-26-37(27-24-33)57-47-32-49-41(38-19-12-14-22-48(38)58-49)30-40(47)42-31-43(50(34-15-7-5-8-16-34)35-17-9-6-10-18-35)51-39-20-11-13-21-45(39)56-46-28-25-36(54(2,3)4)29-44(46)55(57)52(42)53(51)56/h5-32,50H,1-4H3. The van der Waals surface area contributed by atoms with Crippen molar-refractivity contribution in [2.75, 3.05) is 4.81 Å². The third kappa shape index (κ3) is 4.79. The number of fused-ring (bicyclic) bond motifs is 11. The lowest BCUT2D eigenvalue weighted by atomic mass is 9.43. The first-order valence-electron chi connectivity index (χ1n) is 20.5. The Hall–Kier alpha value is -6.36. The lowest BCUT2D eigenvalue weighted by Crippen LogP contribution is -2.60. The van der Waals surface area contributed by atoms with E-state index < -0.39 is 0 Å². The number of nitrogens with zero attached hydrogens (tertiary/aromatic N) is 2. The minimum Gasteiger partial charge on any atom is -0.376 e. The maximum Gasteiger partial charge on any atom is 0.333 e. The van der Waals surface area contributed by atoms with Crippen LogP contribution in [-0.2, 0) is 5.41 Å². The molecule has 0 aliphatic carbocycles. The molecule has 276 valence electrons. The number of aryl methyl sites for hydroxylation is 1. The van der Waals surface area contributed by atoms with Gasteiger partial charge < -0.3 is 9.38 Å². The van der Waals surface area contributed by atoms with E-state index in [1.165, 1.54) is 109 Å². The Morgan fingerprint density at radius 1 is 0.569 bits per heavy atom. The molecule has 0 unspecified atom stereocenters.